The van der Waals surface area contributed by atoms with E-state index in [0.29, 0.717) is 24.6 Å². The van der Waals surface area contributed by atoms with E-state index < -0.39 is 0 Å². The first kappa shape index (κ1) is 16.9. The summed E-state index contributed by atoms with van der Waals surface area (Å²) in [6, 6.07) is 3.48. The lowest BCUT2D eigenvalue weighted by Gasteiger charge is -2.31. The van der Waals surface area contributed by atoms with Crippen molar-refractivity contribution in [1.82, 2.24) is 20.3 Å². The number of carbonyl (C=O) groups is 2. The van der Waals surface area contributed by atoms with E-state index in [1.54, 1.807) is 11.0 Å². The Morgan fingerprint density at radius 1 is 1.28 bits per heavy atom. The predicted molar refractivity (Wildman–Crippen MR) is 90.6 cm³/mol. The van der Waals surface area contributed by atoms with Crippen molar-refractivity contribution < 1.29 is 14.0 Å². The molecule has 1 fully saturated rings. The molecule has 1 saturated heterocycles. The quantitative estimate of drug-likeness (QED) is 0.819. The average molecular weight is 343 g/mol. The Kier molecular flexibility index (Phi) is 4.97. The van der Waals surface area contributed by atoms with Crippen molar-refractivity contribution in [2.45, 2.75) is 26.7 Å². The van der Waals surface area contributed by atoms with Crippen molar-refractivity contribution in [3.8, 4) is 0 Å². The minimum Gasteiger partial charge on any atom is -0.472 e. The van der Waals surface area contributed by atoms with Crippen LogP contribution >= 0.6 is 0 Å². The van der Waals surface area contributed by atoms with Crippen LogP contribution in [0.15, 0.2) is 29.1 Å². The molecule has 0 aromatic carbocycles. The van der Waals surface area contributed by atoms with Crippen molar-refractivity contribution in [3.63, 3.8) is 0 Å². The molecular weight excluding hydrogens is 322 g/mol. The number of aromatic nitrogens is 2. The number of aryl methyl sites for hydroxylation is 2. The fourth-order valence-corrected chi connectivity index (χ4v) is 2.95. The summed E-state index contributed by atoms with van der Waals surface area (Å²) >= 11 is 0. The number of anilines is 1. The molecule has 8 heteroatoms. The third kappa shape index (κ3) is 4.14. The first-order valence-electron chi connectivity index (χ1n) is 8.22. The number of amides is 2. The van der Waals surface area contributed by atoms with Gasteiger partial charge in [-0.2, -0.15) is 0 Å². The summed E-state index contributed by atoms with van der Waals surface area (Å²) in [6.45, 7) is 4.75. The molecule has 2 N–H and O–H groups in total. The van der Waals surface area contributed by atoms with Crippen LogP contribution in [-0.4, -0.2) is 39.8 Å². The van der Waals surface area contributed by atoms with Gasteiger partial charge >= 0.3 is 0 Å². The van der Waals surface area contributed by atoms with E-state index in [0.717, 1.165) is 24.2 Å². The number of nitrogens with zero attached hydrogens (tertiary/aromatic N) is 3. The van der Waals surface area contributed by atoms with Crippen LogP contribution in [0.2, 0.25) is 0 Å². The first-order valence-corrected chi connectivity index (χ1v) is 8.22. The molecule has 3 heterocycles. The third-order valence-corrected chi connectivity index (χ3v) is 4.13. The maximum Gasteiger partial charge on any atom is 0.257 e. The second kappa shape index (κ2) is 7.33. The molecule has 1 aliphatic rings. The lowest BCUT2D eigenvalue weighted by Crippen LogP contribution is -2.46. The van der Waals surface area contributed by atoms with Crippen LogP contribution in [-0.2, 0) is 4.79 Å². The number of hydrazine groups is 1. The van der Waals surface area contributed by atoms with E-state index >= 15 is 0 Å². The standard InChI is InChI=1S/C17H21N5O3/c1-11-8-12(2)19-17(18-11)21-20-15(23)13-4-3-6-22(9-13)16(24)14-5-7-25-10-14/h5,7-8,10,13H,3-4,6,9H2,1-2H3,(H,20,23)(H,18,19,21)/t13-/m1/s1. The summed E-state index contributed by atoms with van der Waals surface area (Å²) in [5.41, 5.74) is 7.54. The molecular formula is C17H21N5O3. The van der Waals surface area contributed by atoms with Gasteiger partial charge in [0.15, 0.2) is 0 Å². The van der Waals surface area contributed by atoms with Gasteiger partial charge < -0.3 is 9.32 Å². The normalized spacial score (nSPS) is 17.2. The third-order valence-electron chi connectivity index (χ3n) is 4.13. The summed E-state index contributed by atoms with van der Waals surface area (Å²) < 4.78 is 4.96. The van der Waals surface area contributed by atoms with Gasteiger partial charge in [0.1, 0.15) is 6.26 Å². The van der Waals surface area contributed by atoms with Gasteiger partial charge in [0.2, 0.25) is 11.9 Å². The van der Waals surface area contributed by atoms with Gasteiger partial charge in [-0.15, -0.1) is 0 Å². The molecule has 2 amide bonds. The zero-order chi connectivity index (χ0) is 17.8. The maximum absolute atomic E-state index is 12.4. The van der Waals surface area contributed by atoms with E-state index in [4.69, 9.17) is 4.42 Å². The predicted octanol–water partition coefficient (Wildman–Crippen LogP) is 1.68. The van der Waals surface area contributed by atoms with Gasteiger partial charge in [-0.3, -0.25) is 20.4 Å². The van der Waals surface area contributed by atoms with E-state index in [-0.39, 0.29) is 17.7 Å². The van der Waals surface area contributed by atoms with Crippen LogP contribution < -0.4 is 10.9 Å². The second-order valence-electron chi connectivity index (χ2n) is 6.19. The number of hydrogen-bond donors (Lipinski definition) is 2. The maximum atomic E-state index is 12.4. The van der Waals surface area contributed by atoms with Crippen LogP contribution in [0.3, 0.4) is 0 Å². The van der Waals surface area contributed by atoms with Crippen molar-refractivity contribution in [2.24, 2.45) is 5.92 Å². The Labute approximate surface area is 145 Å². The van der Waals surface area contributed by atoms with Gasteiger partial charge in [-0.25, -0.2) is 9.97 Å². The van der Waals surface area contributed by atoms with Crippen molar-refractivity contribution >= 4 is 17.8 Å². The van der Waals surface area contributed by atoms with Crippen LogP contribution in [0.4, 0.5) is 5.95 Å². The number of nitrogens with one attached hydrogen (secondary N) is 2. The highest BCUT2D eigenvalue weighted by Gasteiger charge is 2.29. The summed E-state index contributed by atoms with van der Waals surface area (Å²) in [4.78, 5) is 34.9. The Bertz CT molecular complexity index is 739. The van der Waals surface area contributed by atoms with Crippen molar-refractivity contribution in [2.75, 3.05) is 18.5 Å². The minimum atomic E-state index is -0.275. The highest BCUT2D eigenvalue weighted by atomic mass is 16.3. The molecule has 1 aliphatic heterocycles. The van der Waals surface area contributed by atoms with Gasteiger partial charge in [0.25, 0.3) is 5.91 Å². The summed E-state index contributed by atoms with van der Waals surface area (Å²) in [5.74, 6) is -0.208. The number of rotatable bonds is 4. The largest absolute Gasteiger partial charge is 0.472 e. The van der Waals surface area contributed by atoms with Crippen LogP contribution in [0.25, 0.3) is 0 Å². The van der Waals surface area contributed by atoms with Gasteiger partial charge in [-0.1, -0.05) is 0 Å². The van der Waals surface area contributed by atoms with E-state index in [2.05, 4.69) is 20.8 Å². The molecule has 0 aliphatic carbocycles. The second-order valence-corrected chi connectivity index (χ2v) is 6.19. The smallest absolute Gasteiger partial charge is 0.257 e. The zero-order valence-corrected chi connectivity index (χ0v) is 14.3. The Hall–Kier alpha value is -2.90. The van der Waals surface area contributed by atoms with Gasteiger partial charge in [0, 0.05) is 24.5 Å². The zero-order valence-electron chi connectivity index (χ0n) is 14.3. The molecule has 8 nitrogen and oxygen atoms in total. The summed E-state index contributed by atoms with van der Waals surface area (Å²) in [5, 5.41) is 0. The van der Waals surface area contributed by atoms with E-state index in [1.807, 2.05) is 19.9 Å². The molecule has 0 bridgehead atoms. The minimum absolute atomic E-state index is 0.114. The first-order chi connectivity index (χ1) is 12.0. The van der Waals surface area contributed by atoms with Crippen LogP contribution in [0, 0.1) is 19.8 Å². The lowest BCUT2D eigenvalue weighted by atomic mass is 9.97. The molecule has 132 valence electrons. The number of likely N-dealkylation sites (tertiary alicyclic amines) is 1. The Morgan fingerprint density at radius 3 is 2.72 bits per heavy atom. The lowest BCUT2D eigenvalue weighted by molar-refractivity contribution is -0.125. The topological polar surface area (TPSA) is 100 Å². The fourth-order valence-electron chi connectivity index (χ4n) is 2.95. The molecule has 0 saturated carbocycles. The number of hydrogen-bond acceptors (Lipinski definition) is 6. The molecule has 1 atom stereocenters. The van der Waals surface area contributed by atoms with Gasteiger partial charge in [-0.05, 0) is 38.8 Å². The number of carbonyl (C=O) groups excluding carboxylic acids is 2. The summed E-state index contributed by atoms with van der Waals surface area (Å²) in [6.07, 6.45) is 4.40. The molecule has 2 aromatic heterocycles. The van der Waals surface area contributed by atoms with E-state index in [9.17, 15) is 9.59 Å². The monoisotopic (exact) mass is 343 g/mol. The highest BCUT2D eigenvalue weighted by Crippen LogP contribution is 2.19. The van der Waals surface area contributed by atoms with Crippen molar-refractivity contribution in [1.29, 1.82) is 0 Å². The molecule has 0 unspecified atom stereocenters. The van der Waals surface area contributed by atoms with Crippen LogP contribution in [0.1, 0.15) is 34.6 Å². The Morgan fingerprint density at radius 2 is 2.04 bits per heavy atom. The molecule has 2 aromatic rings. The Balaban J connectivity index is 1.57. The number of furan rings is 1. The number of piperidine rings is 1. The fraction of sp³-hybridized carbons (Fsp3) is 0.412. The molecule has 0 spiro atoms. The van der Waals surface area contributed by atoms with Crippen LogP contribution in [0.5, 0.6) is 0 Å². The molecule has 3 rings (SSSR count). The van der Waals surface area contributed by atoms with Gasteiger partial charge in [0.05, 0.1) is 17.7 Å². The molecule has 0 radical (unpaired) electrons. The average Bonchev–Trinajstić information content (AvgIpc) is 3.13. The van der Waals surface area contributed by atoms with E-state index in [1.165, 1.54) is 12.5 Å². The highest BCUT2D eigenvalue weighted by molar-refractivity contribution is 5.94. The summed E-state index contributed by atoms with van der Waals surface area (Å²) in [7, 11) is 0. The van der Waals surface area contributed by atoms with Crippen molar-refractivity contribution in [3.05, 3.63) is 41.6 Å². The SMILES string of the molecule is Cc1cc(C)nc(NNC(=O)[C@@H]2CCCN(C(=O)c3ccoc3)C2)n1. The molecule has 25 heavy (non-hydrogen) atoms.